The maximum atomic E-state index is 12.3. The lowest BCUT2D eigenvalue weighted by Crippen LogP contribution is -2.55. The van der Waals surface area contributed by atoms with E-state index >= 15 is 0 Å². The summed E-state index contributed by atoms with van der Waals surface area (Å²) in [5.74, 6) is 0.824. The molecule has 0 radical (unpaired) electrons. The van der Waals surface area contributed by atoms with E-state index in [1.165, 1.54) is 0 Å². The third-order valence-electron chi connectivity index (χ3n) is 3.75. The van der Waals surface area contributed by atoms with Crippen molar-refractivity contribution in [2.75, 3.05) is 31.6 Å². The van der Waals surface area contributed by atoms with E-state index in [-0.39, 0.29) is 12.1 Å². The van der Waals surface area contributed by atoms with Gasteiger partial charge in [0.05, 0.1) is 17.3 Å². The third-order valence-corrected chi connectivity index (χ3v) is 4.37. The average molecular weight is 385 g/mol. The number of halogens is 1. The highest BCUT2D eigenvalue weighted by Crippen LogP contribution is 2.36. The molecule has 1 unspecified atom stereocenters. The molecule has 0 aromatic heterocycles. The number of hydrogen-bond acceptors (Lipinski definition) is 4. The number of rotatable bonds is 2. The van der Waals surface area contributed by atoms with Crippen LogP contribution >= 0.6 is 15.9 Å². The van der Waals surface area contributed by atoms with Crippen molar-refractivity contribution in [3.8, 4) is 5.75 Å². The number of para-hydroxylation sites is 1. The molecule has 0 aliphatic carbocycles. The normalized spacial score (nSPS) is 18.8. The van der Waals surface area contributed by atoms with Gasteiger partial charge in [-0.15, -0.1) is 0 Å². The Bertz CT molecular complexity index is 571. The zero-order chi connectivity index (χ0) is 17.2. The number of piperazine rings is 1. The summed E-state index contributed by atoms with van der Waals surface area (Å²) in [7, 11) is 1.67. The van der Waals surface area contributed by atoms with Gasteiger partial charge in [-0.2, -0.15) is 0 Å². The Balaban J connectivity index is 2.10. The van der Waals surface area contributed by atoms with Gasteiger partial charge in [0.25, 0.3) is 0 Å². The number of benzene rings is 1. The molecular formula is C17H25BrN2O3. The maximum absolute atomic E-state index is 12.3. The summed E-state index contributed by atoms with van der Waals surface area (Å²) in [5, 5.41) is 0. The van der Waals surface area contributed by atoms with Gasteiger partial charge in [0, 0.05) is 25.7 Å². The minimum Gasteiger partial charge on any atom is -0.493 e. The molecule has 0 N–H and O–H groups in total. The standard InChI is InChI=1S/C17H25BrN2O3/c1-12-11-19(14-8-6-7-13(18)15(14)22-5)9-10-20(12)16(21)23-17(2,3)4/h6-8,12H,9-11H2,1-5H3. The van der Waals surface area contributed by atoms with E-state index in [4.69, 9.17) is 9.47 Å². The summed E-state index contributed by atoms with van der Waals surface area (Å²) in [6, 6.07) is 6.07. The van der Waals surface area contributed by atoms with Crippen LogP contribution in [-0.4, -0.2) is 49.4 Å². The molecule has 1 atom stereocenters. The Morgan fingerprint density at radius 2 is 2.00 bits per heavy atom. The summed E-state index contributed by atoms with van der Waals surface area (Å²) in [6.45, 7) is 9.82. The Labute approximate surface area is 146 Å². The molecule has 128 valence electrons. The van der Waals surface area contributed by atoms with Crippen LogP contribution in [0.5, 0.6) is 5.75 Å². The fourth-order valence-electron chi connectivity index (χ4n) is 2.72. The molecule has 0 saturated carbocycles. The van der Waals surface area contributed by atoms with E-state index in [0.29, 0.717) is 6.54 Å². The fourth-order valence-corrected chi connectivity index (χ4v) is 3.23. The Morgan fingerprint density at radius 3 is 2.57 bits per heavy atom. The molecule has 2 rings (SSSR count). The van der Waals surface area contributed by atoms with Crippen molar-refractivity contribution in [1.82, 2.24) is 4.90 Å². The van der Waals surface area contributed by atoms with Crippen molar-refractivity contribution in [3.05, 3.63) is 22.7 Å². The molecule has 1 saturated heterocycles. The minimum absolute atomic E-state index is 0.0716. The molecule has 1 amide bonds. The van der Waals surface area contributed by atoms with Gasteiger partial charge in [0.2, 0.25) is 0 Å². The van der Waals surface area contributed by atoms with Crippen molar-refractivity contribution in [1.29, 1.82) is 0 Å². The highest BCUT2D eigenvalue weighted by Gasteiger charge is 2.31. The first-order chi connectivity index (χ1) is 10.7. The second kappa shape index (κ2) is 6.99. The van der Waals surface area contributed by atoms with E-state index in [1.54, 1.807) is 12.0 Å². The number of nitrogens with zero attached hydrogens (tertiary/aromatic N) is 2. The zero-order valence-electron chi connectivity index (χ0n) is 14.4. The van der Waals surface area contributed by atoms with E-state index < -0.39 is 5.60 Å². The van der Waals surface area contributed by atoms with E-state index in [2.05, 4.69) is 20.8 Å². The lowest BCUT2D eigenvalue weighted by Gasteiger charge is -2.41. The smallest absolute Gasteiger partial charge is 0.410 e. The Morgan fingerprint density at radius 1 is 1.30 bits per heavy atom. The molecule has 0 bridgehead atoms. The topological polar surface area (TPSA) is 42.0 Å². The molecular weight excluding hydrogens is 360 g/mol. The Hall–Kier alpha value is -1.43. The first kappa shape index (κ1) is 17.9. The first-order valence-corrected chi connectivity index (χ1v) is 8.59. The van der Waals surface area contributed by atoms with Crippen molar-refractivity contribution < 1.29 is 14.3 Å². The number of carbonyl (C=O) groups excluding carboxylic acids is 1. The van der Waals surface area contributed by atoms with Crippen molar-refractivity contribution in [2.24, 2.45) is 0 Å². The molecule has 1 heterocycles. The number of hydrogen-bond donors (Lipinski definition) is 0. The average Bonchev–Trinajstić information content (AvgIpc) is 2.44. The summed E-state index contributed by atoms with van der Waals surface area (Å²) in [6.07, 6.45) is -0.245. The van der Waals surface area contributed by atoms with Crippen LogP contribution in [0.3, 0.4) is 0 Å². The Kier molecular flexibility index (Phi) is 5.45. The summed E-state index contributed by atoms with van der Waals surface area (Å²) in [5.41, 5.74) is 0.569. The van der Waals surface area contributed by atoms with Crippen LogP contribution in [0, 0.1) is 0 Å². The SMILES string of the molecule is COc1c(Br)cccc1N1CCN(C(=O)OC(C)(C)C)C(C)C1. The quantitative estimate of drug-likeness (QED) is 0.775. The van der Waals surface area contributed by atoms with Gasteiger partial charge in [-0.25, -0.2) is 4.79 Å². The first-order valence-electron chi connectivity index (χ1n) is 7.80. The monoisotopic (exact) mass is 384 g/mol. The molecule has 6 heteroatoms. The van der Waals surface area contributed by atoms with E-state index in [0.717, 1.165) is 29.0 Å². The van der Waals surface area contributed by atoms with Crippen LogP contribution in [0.4, 0.5) is 10.5 Å². The van der Waals surface area contributed by atoms with Crippen LogP contribution in [0.2, 0.25) is 0 Å². The van der Waals surface area contributed by atoms with Gasteiger partial charge in [0.1, 0.15) is 5.60 Å². The molecule has 1 aliphatic heterocycles. The van der Waals surface area contributed by atoms with Gasteiger partial charge < -0.3 is 19.3 Å². The van der Waals surface area contributed by atoms with E-state index in [9.17, 15) is 4.79 Å². The van der Waals surface area contributed by atoms with Crippen molar-refractivity contribution in [3.63, 3.8) is 0 Å². The van der Waals surface area contributed by atoms with Crippen LogP contribution in [-0.2, 0) is 4.74 Å². The van der Waals surface area contributed by atoms with Gasteiger partial charge >= 0.3 is 6.09 Å². The minimum atomic E-state index is -0.471. The molecule has 1 aliphatic rings. The summed E-state index contributed by atoms with van der Waals surface area (Å²) in [4.78, 5) is 16.3. The zero-order valence-corrected chi connectivity index (χ0v) is 16.0. The van der Waals surface area contributed by atoms with E-state index in [1.807, 2.05) is 45.9 Å². The van der Waals surface area contributed by atoms with Gasteiger partial charge in [-0.3, -0.25) is 0 Å². The number of amides is 1. The van der Waals surface area contributed by atoms with Crippen molar-refractivity contribution in [2.45, 2.75) is 39.3 Å². The third kappa shape index (κ3) is 4.31. The largest absolute Gasteiger partial charge is 0.493 e. The lowest BCUT2D eigenvalue weighted by atomic mass is 10.1. The molecule has 1 fully saturated rings. The number of carbonyl (C=O) groups is 1. The fraction of sp³-hybridized carbons (Fsp3) is 0.588. The molecule has 5 nitrogen and oxygen atoms in total. The predicted molar refractivity (Wildman–Crippen MR) is 95.3 cm³/mol. The predicted octanol–water partition coefficient (Wildman–Crippen LogP) is 3.90. The second-order valence-electron chi connectivity index (χ2n) is 6.76. The number of methoxy groups -OCH3 is 1. The maximum Gasteiger partial charge on any atom is 0.410 e. The molecule has 1 aromatic carbocycles. The molecule has 23 heavy (non-hydrogen) atoms. The number of ether oxygens (including phenoxy) is 2. The van der Waals surface area contributed by atoms with Crippen LogP contribution in [0.1, 0.15) is 27.7 Å². The summed E-state index contributed by atoms with van der Waals surface area (Å²) >= 11 is 3.52. The van der Waals surface area contributed by atoms with Gasteiger partial charge in [0.15, 0.2) is 5.75 Å². The highest BCUT2D eigenvalue weighted by atomic mass is 79.9. The van der Waals surface area contributed by atoms with Crippen LogP contribution < -0.4 is 9.64 Å². The highest BCUT2D eigenvalue weighted by molar-refractivity contribution is 9.10. The second-order valence-corrected chi connectivity index (χ2v) is 7.62. The van der Waals surface area contributed by atoms with Gasteiger partial charge in [-0.1, -0.05) is 6.07 Å². The summed E-state index contributed by atoms with van der Waals surface area (Å²) < 4.78 is 11.9. The van der Waals surface area contributed by atoms with Gasteiger partial charge in [-0.05, 0) is 55.8 Å². The van der Waals surface area contributed by atoms with Crippen LogP contribution in [0.25, 0.3) is 0 Å². The van der Waals surface area contributed by atoms with Crippen LogP contribution in [0.15, 0.2) is 22.7 Å². The lowest BCUT2D eigenvalue weighted by molar-refractivity contribution is 0.0159. The molecule has 0 spiro atoms. The molecule has 1 aromatic rings. The van der Waals surface area contributed by atoms with Crippen molar-refractivity contribution >= 4 is 27.7 Å². The number of anilines is 1.